The van der Waals surface area contributed by atoms with Crippen LogP contribution in [0.5, 0.6) is 0 Å². The molecule has 0 aliphatic rings. The minimum Gasteiger partial charge on any atom is -0.480 e. The third-order valence-corrected chi connectivity index (χ3v) is 1.67. The van der Waals surface area contributed by atoms with Crippen molar-refractivity contribution in [2.45, 2.75) is 19.4 Å². The fourth-order valence-corrected chi connectivity index (χ4v) is 0.867. The number of rotatable bonds is 7. The third kappa shape index (κ3) is 7.64. The van der Waals surface area contributed by atoms with Crippen molar-refractivity contribution >= 4 is 12.0 Å². The first-order valence-corrected chi connectivity index (χ1v) is 4.90. The highest BCUT2D eigenvalue weighted by molar-refractivity contribution is 5.74. The summed E-state index contributed by atoms with van der Waals surface area (Å²) < 4.78 is 4.72. The highest BCUT2D eigenvalue weighted by Gasteiger charge is 2.05. The Balaban J connectivity index is 3.51. The van der Waals surface area contributed by atoms with E-state index in [1.54, 1.807) is 0 Å². The second kappa shape index (κ2) is 8.56. The molecule has 0 saturated carbocycles. The van der Waals surface area contributed by atoms with Gasteiger partial charge in [-0.2, -0.15) is 0 Å². The molecule has 0 aromatic carbocycles. The number of amides is 2. The van der Waals surface area contributed by atoms with Gasteiger partial charge in [-0.15, -0.1) is 6.42 Å². The first-order valence-electron chi connectivity index (χ1n) is 4.90. The largest absolute Gasteiger partial charge is 0.480 e. The molecule has 0 radical (unpaired) electrons. The Kier molecular flexibility index (Phi) is 7.63. The maximum absolute atomic E-state index is 11.2. The van der Waals surface area contributed by atoms with Crippen LogP contribution in [-0.4, -0.2) is 42.9 Å². The average molecular weight is 228 g/mol. The predicted molar refractivity (Wildman–Crippen MR) is 57.9 cm³/mol. The van der Waals surface area contributed by atoms with E-state index in [4.69, 9.17) is 16.3 Å². The van der Waals surface area contributed by atoms with Gasteiger partial charge in [-0.05, 0) is 6.42 Å². The van der Waals surface area contributed by atoms with Gasteiger partial charge >= 0.3 is 12.0 Å². The number of terminal acetylenes is 1. The van der Waals surface area contributed by atoms with Crippen LogP contribution in [0, 0.1) is 12.3 Å². The first kappa shape index (κ1) is 14.3. The molecule has 1 atom stereocenters. The highest BCUT2D eigenvalue weighted by Crippen LogP contribution is 1.86. The minimum atomic E-state index is -1.04. The average Bonchev–Trinajstić information content (AvgIpc) is 2.25. The van der Waals surface area contributed by atoms with Gasteiger partial charge in [0.1, 0.15) is 6.61 Å². The zero-order chi connectivity index (χ0) is 12.4. The Hall–Kier alpha value is -1.74. The molecule has 16 heavy (non-hydrogen) atoms. The molecule has 0 bridgehead atoms. The quantitative estimate of drug-likeness (QED) is 0.416. The molecule has 0 heterocycles. The Morgan fingerprint density at radius 1 is 1.56 bits per heavy atom. The lowest BCUT2D eigenvalue weighted by Crippen LogP contribution is -2.42. The van der Waals surface area contributed by atoms with Crippen LogP contribution in [0.1, 0.15) is 13.3 Å². The van der Waals surface area contributed by atoms with Crippen molar-refractivity contribution in [2.75, 3.05) is 19.8 Å². The van der Waals surface area contributed by atoms with Gasteiger partial charge in [0.05, 0.1) is 12.6 Å². The molecule has 0 aliphatic heterocycles. The van der Waals surface area contributed by atoms with Gasteiger partial charge < -0.3 is 20.5 Å². The Bertz CT molecular complexity index is 272. The van der Waals surface area contributed by atoms with E-state index in [0.29, 0.717) is 6.42 Å². The molecule has 90 valence electrons. The molecule has 1 unspecified atom stereocenters. The third-order valence-electron chi connectivity index (χ3n) is 1.67. The molecule has 0 aromatic rings. The Morgan fingerprint density at radius 2 is 2.25 bits per heavy atom. The number of aliphatic carboxylic acids is 1. The van der Waals surface area contributed by atoms with Crippen molar-refractivity contribution in [2.24, 2.45) is 0 Å². The topological polar surface area (TPSA) is 87.7 Å². The Labute approximate surface area is 94.4 Å². The van der Waals surface area contributed by atoms with Crippen LogP contribution in [0.2, 0.25) is 0 Å². The highest BCUT2D eigenvalue weighted by atomic mass is 16.5. The van der Waals surface area contributed by atoms with Crippen molar-refractivity contribution < 1.29 is 19.4 Å². The maximum Gasteiger partial charge on any atom is 0.329 e. The van der Waals surface area contributed by atoms with E-state index in [9.17, 15) is 9.59 Å². The summed E-state index contributed by atoms with van der Waals surface area (Å²) in [7, 11) is 0. The zero-order valence-corrected chi connectivity index (χ0v) is 9.16. The van der Waals surface area contributed by atoms with E-state index in [0.717, 1.165) is 0 Å². The molecule has 0 aromatic heterocycles. The summed E-state index contributed by atoms with van der Waals surface area (Å²) in [4.78, 5) is 21.3. The fraction of sp³-hybridized carbons (Fsp3) is 0.600. The second-order valence-corrected chi connectivity index (χ2v) is 2.97. The molecule has 3 N–H and O–H groups in total. The van der Waals surface area contributed by atoms with Gasteiger partial charge in [0.15, 0.2) is 0 Å². The van der Waals surface area contributed by atoms with Crippen LogP contribution in [-0.2, 0) is 9.53 Å². The van der Waals surface area contributed by atoms with E-state index in [2.05, 4.69) is 16.6 Å². The van der Waals surface area contributed by atoms with Crippen molar-refractivity contribution in [3.05, 3.63) is 0 Å². The molecule has 0 rings (SSSR count). The number of carboxylic acid groups (broad SMARTS) is 1. The lowest BCUT2D eigenvalue weighted by molar-refractivity contribution is -0.142. The van der Waals surface area contributed by atoms with E-state index in [-0.39, 0.29) is 31.8 Å². The molecule has 0 fully saturated rings. The number of carbonyl (C=O) groups excluding carboxylic acids is 1. The van der Waals surface area contributed by atoms with Crippen LogP contribution in [0.4, 0.5) is 4.79 Å². The molecule has 6 nitrogen and oxygen atoms in total. The number of ether oxygens (including phenoxy) is 1. The molecule has 0 saturated heterocycles. The molecular weight excluding hydrogens is 212 g/mol. The minimum absolute atomic E-state index is 0.145. The molecule has 0 aliphatic carbocycles. The van der Waals surface area contributed by atoms with Gasteiger partial charge in [-0.1, -0.05) is 12.8 Å². The number of urea groups is 1. The van der Waals surface area contributed by atoms with Gasteiger partial charge in [0.2, 0.25) is 0 Å². The van der Waals surface area contributed by atoms with Crippen molar-refractivity contribution in [3.8, 4) is 12.3 Å². The van der Waals surface area contributed by atoms with Gasteiger partial charge in [-0.25, -0.2) is 9.59 Å². The first-order chi connectivity index (χ1) is 7.60. The monoisotopic (exact) mass is 228 g/mol. The summed E-state index contributed by atoms with van der Waals surface area (Å²) in [6.07, 6.45) is 5.81. The summed E-state index contributed by atoms with van der Waals surface area (Å²) in [5.41, 5.74) is 0. The fourth-order valence-electron chi connectivity index (χ4n) is 0.867. The Morgan fingerprint density at radius 3 is 2.75 bits per heavy atom. The summed E-state index contributed by atoms with van der Waals surface area (Å²) in [6.45, 7) is 1.87. The molecular formula is C10H16N2O4. The maximum atomic E-state index is 11.2. The van der Waals surface area contributed by atoms with E-state index < -0.39 is 5.97 Å². The van der Waals surface area contributed by atoms with E-state index >= 15 is 0 Å². The zero-order valence-electron chi connectivity index (χ0n) is 9.16. The van der Waals surface area contributed by atoms with Gasteiger partial charge in [0.25, 0.3) is 0 Å². The van der Waals surface area contributed by atoms with Gasteiger partial charge in [0, 0.05) is 6.54 Å². The molecule has 0 spiro atoms. The normalized spacial score (nSPS) is 11.2. The van der Waals surface area contributed by atoms with E-state index in [1.165, 1.54) is 0 Å². The predicted octanol–water partition coefficient (Wildman–Crippen LogP) is -0.201. The molecule has 6 heteroatoms. The number of hydrogen-bond acceptors (Lipinski definition) is 3. The van der Waals surface area contributed by atoms with Crippen LogP contribution < -0.4 is 10.6 Å². The number of carboxylic acids is 1. The lowest BCUT2D eigenvalue weighted by atomic mass is 10.2. The SMILES string of the molecule is C#CC(CC)NC(=O)NCCOCC(=O)O. The van der Waals surface area contributed by atoms with Gasteiger partial charge in [-0.3, -0.25) is 0 Å². The summed E-state index contributed by atoms with van der Waals surface area (Å²) in [5, 5.41) is 13.3. The smallest absolute Gasteiger partial charge is 0.329 e. The standard InChI is InChI=1S/C10H16N2O4/c1-3-8(4-2)12-10(15)11-5-6-16-7-9(13)14/h1,8H,4-7H2,2H3,(H,13,14)(H2,11,12,15). The second-order valence-electron chi connectivity index (χ2n) is 2.97. The van der Waals surface area contributed by atoms with E-state index in [1.807, 2.05) is 6.92 Å². The lowest BCUT2D eigenvalue weighted by Gasteiger charge is -2.11. The van der Waals surface area contributed by atoms with Crippen LogP contribution in [0.3, 0.4) is 0 Å². The number of carbonyl (C=O) groups is 2. The van der Waals surface area contributed by atoms with Crippen LogP contribution in [0.15, 0.2) is 0 Å². The number of nitrogens with one attached hydrogen (secondary N) is 2. The summed E-state index contributed by atoms with van der Waals surface area (Å²) in [5.74, 6) is 1.38. The summed E-state index contributed by atoms with van der Waals surface area (Å²) in [6, 6.07) is -0.677. The summed E-state index contributed by atoms with van der Waals surface area (Å²) >= 11 is 0. The van der Waals surface area contributed by atoms with Crippen molar-refractivity contribution in [3.63, 3.8) is 0 Å². The number of hydrogen-bond donors (Lipinski definition) is 3. The van der Waals surface area contributed by atoms with Crippen LogP contribution >= 0.6 is 0 Å². The molecule has 2 amide bonds. The van der Waals surface area contributed by atoms with Crippen LogP contribution in [0.25, 0.3) is 0 Å². The van der Waals surface area contributed by atoms with Crippen molar-refractivity contribution in [1.29, 1.82) is 0 Å². The van der Waals surface area contributed by atoms with Crippen molar-refractivity contribution in [1.82, 2.24) is 10.6 Å².